The minimum atomic E-state index is -4.46. The van der Waals surface area contributed by atoms with E-state index in [0.29, 0.717) is 18.1 Å². The lowest BCUT2D eigenvalue weighted by atomic mass is 10.2. The molecule has 0 aliphatic heterocycles. The summed E-state index contributed by atoms with van der Waals surface area (Å²) in [5, 5.41) is 2.33. The Labute approximate surface area is 159 Å². The average molecular weight is 397 g/mol. The lowest BCUT2D eigenvalue weighted by Gasteiger charge is -2.11. The molecule has 1 N–H and O–H groups in total. The highest BCUT2D eigenvalue weighted by atomic mass is 19.4. The van der Waals surface area contributed by atoms with E-state index in [4.69, 9.17) is 14.2 Å². The molecule has 0 fully saturated rings. The second-order valence-electron chi connectivity index (χ2n) is 5.45. The molecule has 0 heterocycles. The number of amides is 1. The Bertz CT molecular complexity index is 806. The summed E-state index contributed by atoms with van der Waals surface area (Å²) >= 11 is 0. The SMILES string of the molecule is CCOc1ccccc1OCC(=O)OCC(=O)Nc1ccc(C(F)(F)F)cc1. The molecule has 0 spiro atoms. The smallest absolute Gasteiger partial charge is 0.416 e. The molecule has 0 saturated heterocycles. The van der Waals surface area contributed by atoms with Crippen molar-refractivity contribution in [2.75, 3.05) is 25.1 Å². The summed E-state index contributed by atoms with van der Waals surface area (Å²) in [5.74, 6) is -0.648. The zero-order chi connectivity index (χ0) is 20.6. The average Bonchev–Trinajstić information content (AvgIpc) is 2.65. The van der Waals surface area contributed by atoms with Crippen molar-refractivity contribution in [3.8, 4) is 11.5 Å². The summed E-state index contributed by atoms with van der Waals surface area (Å²) < 4.78 is 52.9. The predicted molar refractivity (Wildman–Crippen MR) is 94.1 cm³/mol. The second-order valence-corrected chi connectivity index (χ2v) is 5.45. The third-order valence-electron chi connectivity index (χ3n) is 3.35. The molecule has 0 unspecified atom stereocenters. The van der Waals surface area contributed by atoms with Crippen molar-refractivity contribution in [1.29, 1.82) is 0 Å². The van der Waals surface area contributed by atoms with Gasteiger partial charge < -0.3 is 19.5 Å². The first kappa shape index (κ1) is 21.1. The van der Waals surface area contributed by atoms with Crippen molar-refractivity contribution in [2.24, 2.45) is 0 Å². The lowest BCUT2D eigenvalue weighted by molar-refractivity contribution is -0.149. The van der Waals surface area contributed by atoms with Gasteiger partial charge in [-0.05, 0) is 43.3 Å². The van der Waals surface area contributed by atoms with Crippen molar-refractivity contribution in [2.45, 2.75) is 13.1 Å². The Balaban J connectivity index is 1.77. The largest absolute Gasteiger partial charge is 0.490 e. The maximum Gasteiger partial charge on any atom is 0.416 e. The molecule has 0 saturated carbocycles. The van der Waals surface area contributed by atoms with Gasteiger partial charge >= 0.3 is 12.1 Å². The van der Waals surface area contributed by atoms with Crippen LogP contribution in [0.5, 0.6) is 11.5 Å². The molecule has 2 aromatic rings. The fraction of sp³-hybridized carbons (Fsp3) is 0.263. The van der Waals surface area contributed by atoms with Gasteiger partial charge in [-0.3, -0.25) is 4.79 Å². The summed E-state index contributed by atoms with van der Waals surface area (Å²) in [6.45, 7) is 1.20. The van der Waals surface area contributed by atoms with Crippen molar-refractivity contribution in [3.05, 3.63) is 54.1 Å². The zero-order valence-corrected chi connectivity index (χ0v) is 14.9. The van der Waals surface area contributed by atoms with Gasteiger partial charge in [-0.2, -0.15) is 13.2 Å². The fourth-order valence-electron chi connectivity index (χ4n) is 2.11. The second kappa shape index (κ2) is 9.63. The van der Waals surface area contributed by atoms with E-state index in [9.17, 15) is 22.8 Å². The number of benzene rings is 2. The van der Waals surface area contributed by atoms with Gasteiger partial charge in [0.05, 0.1) is 12.2 Å². The van der Waals surface area contributed by atoms with Crippen LogP contribution >= 0.6 is 0 Å². The number of hydrogen-bond acceptors (Lipinski definition) is 5. The molecule has 0 aromatic heterocycles. The molecule has 0 atom stereocenters. The van der Waals surface area contributed by atoms with Crippen LogP contribution in [0.1, 0.15) is 12.5 Å². The van der Waals surface area contributed by atoms with Gasteiger partial charge in [0.15, 0.2) is 24.7 Å². The monoisotopic (exact) mass is 397 g/mol. The number of carbonyl (C=O) groups excluding carboxylic acids is 2. The topological polar surface area (TPSA) is 73.9 Å². The van der Waals surface area contributed by atoms with Crippen molar-refractivity contribution in [1.82, 2.24) is 0 Å². The van der Waals surface area contributed by atoms with Gasteiger partial charge in [-0.15, -0.1) is 0 Å². The zero-order valence-electron chi connectivity index (χ0n) is 14.9. The number of para-hydroxylation sites is 2. The molecule has 9 heteroatoms. The van der Waals surface area contributed by atoms with Crippen LogP contribution in [-0.2, 0) is 20.5 Å². The Morgan fingerprint density at radius 3 is 2.11 bits per heavy atom. The minimum Gasteiger partial charge on any atom is -0.490 e. The van der Waals surface area contributed by atoms with Crippen molar-refractivity contribution >= 4 is 17.6 Å². The van der Waals surface area contributed by atoms with E-state index in [0.717, 1.165) is 24.3 Å². The summed E-state index contributed by atoms with van der Waals surface area (Å²) in [6.07, 6.45) is -4.46. The number of nitrogens with one attached hydrogen (secondary N) is 1. The molecular formula is C19H18F3NO5. The first-order chi connectivity index (χ1) is 13.3. The van der Waals surface area contributed by atoms with Crippen molar-refractivity contribution < 1.29 is 37.0 Å². The van der Waals surface area contributed by atoms with Crippen LogP contribution < -0.4 is 14.8 Å². The van der Waals surface area contributed by atoms with E-state index in [1.807, 2.05) is 0 Å². The van der Waals surface area contributed by atoms with E-state index >= 15 is 0 Å². The fourth-order valence-corrected chi connectivity index (χ4v) is 2.11. The standard InChI is InChI=1S/C19H18F3NO5/c1-2-26-15-5-3-4-6-16(15)27-12-18(25)28-11-17(24)23-14-9-7-13(8-10-14)19(20,21)22/h3-10H,2,11-12H2,1H3,(H,23,24). The Kier molecular flexibility index (Phi) is 7.25. The molecule has 150 valence electrons. The van der Waals surface area contributed by atoms with Crippen LogP contribution in [0.15, 0.2) is 48.5 Å². The summed E-state index contributed by atoms with van der Waals surface area (Å²) in [4.78, 5) is 23.4. The van der Waals surface area contributed by atoms with Gasteiger partial charge in [-0.25, -0.2) is 4.79 Å². The summed E-state index contributed by atoms with van der Waals surface area (Å²) in [5.41, 5.74) is -0.683. The van der Waals surface area contributed by atoms with Crippen LogP contribution in [0.3, 0.4) is 0 Å². The molecule has 1 amide bonds. The van der Waals surface area contributed by atoms with Gasteiger partial charge in [0.25, 0.3) is 5.91 Å². The molecule has 6 nitrogen and oxygen atoms in total. The van der Waals surface area contributed by atoms with E-state index in [2.05, 4.69) is 5.32 Å². The highest BCUT2D eigenvalue weighted by molar-refractivity contribution is 5.92. The summed E-state index contributed by atoms with van der Waals surface area (Å²) in [6, 6.07) is 10.7. The quantitative estimate of drug-likeness (QED) is 0.688. The third-order valence-corrected chi connectivity index (χ3v) is 3.35. The molecule has 28 heavy (non-hydrogen) atoms. The maximum absolute atomic E-state index is 12.5. The molecule has 0 radical (unpaired) electrons. The van der Waals surface area contributed by atoms with E-state index < -0.39 is 36.8 Å². The lowest BCUT2D eigenvalue weighted by Crippen LogP contribution is -2.23. The normalized spacial score (nSPS) is 10.9. The van der Waals surface area contributed by atoms with E-state index in [1.165, 1.54) is 0 Å². The van der Waals surface area contributed by atoms with Gasteiger partial charge in [0.2, 0.25) is 0 Å². The van der Waals surface area contributed by atoms with Crippen LogP contribution in [-0.4, -0.2) is 31.7 Å². The Morgan fingerprint density at radius 2 is 1.54 bits per heavy atom. The number of hydrogen-bond donors (Lipinski definition) is 1. The predicted octanol–water partition coefficient (Wildman–Crippen LogP) is 3.66. The Hall–Kier alpha value is -3.23. The molecule has 0 aliphatic carbocycles. The number of alkyl halides is 3. The van der Waals surface area contributed by atoms with Crippen molar-refractivity contribution in [3.63, 3.8) is 0 Å². The van der Waals surface area contributed by atoms with Crippen LogP contribution in [0.4, 0.5) is 18.9 Å². The van der Waals surface area contributed by atoms with Gasteiger partial charge in [0.1, 0.15) is 0 Å². The third kappa shape index (κ3) is 6.49. The molecule has 0 aliphatic rings. The number of rotatable bonds is 8. The van der Waals surface area contributed by atoms with Gasteiger partial charge in [0, 0.05) is 5.69 Å². The maximum atomic E-state index is 12.5. The number of esters is 1. The Morgan fingerprint density at radius 1 is 0.929 bits per heavy atom. The van der Waals surface area contributed by atoms with E-state index in [-0.39, 0.29) is 5.69 Å². The number of carbonyl (C=O) groups is 2. The van der Waals surface area contributed by atoms with Crippen LogP contribution in [0.2, 0.25) is 0 Å². The highest BCUT2D eigenvalue weighted by Gasteiger charge is 2.30. The minimum absolute atomic E-state index is 0.149. The summed E-state index contributed by atoms with van der Waals surface area (Å²) in [7, 11) is 0. The molecular weight excluding hydrogens is 379 g/mol. The van der Waals surface area contributed by atoms with E-state index in [1.54, 1.807) is 31.2 Å². The van der Waals surface area contributed by atoms with Crippen LogP contribution in [0.25, 0.3) is 0 Å². The first-order valence-electron chi connectivity index (χ1n) is 8.27. The first-order valence-corrected chi connectivity index (χ1v) is 8.27. The highest BCUT2D eigenvalue weighted by Crippen LogP contribution is 2.29. The van der Waals surface area contributed by atoms with Crippen LogP contribution in [0, 0.1) is 0 Å². The number of ether oxygens (including phenoxy) is 3. The van der Waals surface area contributed by atoms with Gasteiger partial charge in [-0.1, -0.05) is 12.1 Å². The molecule has 2 rings (SSSR count). The number of anilines is 1. The number of halogens is 3. The molecule has 2 aromatic carbocycles. The molecule has 0 bridgehead atoms.